The van der Waals surface area contributed by atoms with E-state index in [2.05, 4.69) is 5.32 Å². The Morgan fingerprint density at radius 2 is 2.23 bits per heavy atom. The number of hydrogen-bond acceptors (Lipinski definition) is 2. The summed E-state index contributed by atoms with van der Waals surface area (Å²) in [5.41, 5.74) is 1.39. The summed E-state index contributed by atoms with van der Waals surface area (Å²) in [7, 11) is 1.73. The van der Waals surface area contributed by atoms with Crippen LogP contribution in [0, 0.1) is 12.7 Å². The smallest absolute Gasteiger partial charge is 0.126 e. The van der Waals surface area contributed by atoms with E-state index in [9.17, 15) is 4.39 Å². The molecule has 0 aliphatic rings. The molecule has 0 radical (unpaired) electrons. The number of halogens is 1. The summed E-state index contributed by atoms with van der Waals surface area (Å²) < 4.78 is 13.1. The molecule has 0 spiro atoms. The molecule has 13 heavy (non-hydrogen) atoms. The van der Waals surface area contributed by atoms with Crippen molar-refractivity contribution in [2.75, 3.05) is 13.7 Å². The first kappa shape index (κ1) is 10.2. The predicted molar refractivity (Wildman–Crippen MR) is 50.0 cm³/mol. The molecule has 1 atom stereocenters. The number of likely N-dealkylation sites (N-methyl/N-ethyl adjacent to an activating group) is 1. The van der Waals surface area contributed by atoms with Crippen LogP contribution in [0.2, 0.25) is 0 Å². The van der Waals surface area contributed by atoms with E-state index in [1.807, 2.05) is 6.07 Å². The van der Waals surface area contributed by atoms with Gasteiger partial charge in [-0.3, -0.25) is 0 Å². The highest BCUT2D eigenvalue weighted by Crippen LogP contribution is 2.15. The first-order chi connectivity index (χ1) is 6.19. The summed E-state index contributed by atoms with van der Waals surface area (Å²) in [5, 5.41) is 11.9. The normalized spacial score (nSPS) is 12.9. The van der Waals surface area contributed by atoms with Gasteiger partial charge in [0.1, 0.15) is 5.82 Å². The van der Waals surface area contributed by atoms with E-state index in [0.717, 1.165) is 5.56 Å². The molecule has 72 valence electrons. The van der Waals surface area contributed by atoms with Crippen LogP contribution < -0.4 is 5.32 Å². The van der Waals surface area contributed by atoms with E-state index in [4.69, 9.17) is 5.11 Å². The molecule has 0 heterocycles. The van der Waals surface area contributed by atoms with Gasteiger partial charge >= 0.3 is 0 Å². The van der Waals surface area contributed by atoms with Gasteiger partial charge in [-0.1, -0.05) is 12.1 Å². The minimum Gasteiger partial charge on any atom is -0.394 e. The fraction of sp³-hybridized carbons (Fsp3) is 0.400. The Balaban J connectivity index is 2.95. The number of aliphatic hydroxyl groups is 1. The average Bonchev–Trinajstić information content (AvgIpc) is 2.13. The van der Waals surface area contributed by atoms with E-state index >= 15 is 0 Å². The first-order valence-electron chi connectivity index (χ1n) is 4.23. The third-order valence-corrected chi connectivity index (χ3v) is 2.13. The summed E-state index contributed by atoms with van der Waals surface area (Å²) in [5.74, 6) is -0.230. The van der Waals surface area contributed by atoms with Crippen LogP contribution in [0.1, 0.15) is 17.2 Å². The van der Waals surface area contributed by atoms with E-state index in [-0.39, 0.29) is 18.5 Å². The minimum absolute atomic E-state index is 0.0288. The van der Waals surface area contributed by atoms with Crippen LogP contribution in [0.25, 0.3) is 0 Å². The number of hydrogen-bond donors (Lipinski definition) is 2. The molecule has 2 N–H and O–H groups in total. The van der Waals surface area contributed by atoms with E-state index in [1.54, 1.807) is 20.0 Å². The number of aryl methyl sites for hydroxylation is 1. The molecule has 0 aliphatic carbocycles. The van der Waals surface area contributed by atoms with Gasteiger partial charge in [0.2, 0.25) is 0 Å². The number of aliphatic hydroxyl groups excluding tert-OH is 1. The Kier molecular flexibility index (Phi) is 3.39. The maximum atomic E-state index is 13.1. The van der Waals surface area contributed by atoms with Crippen molar-refractivity contribution in [2.24, 2.45) is 0 Å². The Morgan fingerprint density at radius 1 is 1.54 bits per heavy atom. The van der Waals surface area contributed by atoms with Gasteiger partial charge in [0.05, 0.1) is 12.6 Å². The number of rotatable bonds is 3. The zero-order valence-corrected chi connectivity index (χ0v) is 7.84. The zero-order valence-electron chi connectivity index (χ0n) is 7.84. The topological polar surface area (TPSA) is 32.3 Å². The molecule has 1 rings (SSSR count). The number of benzene rings is 1. The Hall–Kier alpha value is -0.930. The van der Waals surface area contributed by atoms with Crippen molar-refractivity contribution in [1.29, 1.82) is 0 Å². The first-order valence-corrected chi connectivity index (χ1v) is 4.23. The standard InChI is InChI=1S/C10H14FNO/c1-7-3-4-8(5-9(7)11)10(6-13)12-2/h3-5,10,12-13H,6H2,1-2H3/t10-/m0/s1. The molecule has 0 bridgehead atoms. The van der Waals surface area contributed by atoms with Gasteiger partial charge < -0.3 is 10.4 Å². The van der Waals surface area contributed by atoms with Crippen molar-refractivity contribution < 1.29 is 9.50 Å². The summed E-state index contributed by atoms with van der Waals surface area (Å²) in [6.45, 7) is 1.69. The lowest BCUT2D eigenvalue weighted by Crippen LogP contribution is -2.20. The monoisotopic (exact) mass is 183 g/mol. The Bertz CT molecular complexity index is 284. The molecule has 0 amide bonds. The molecule has 0 saturated heterocycles. The fourth-order valence-corrected chi connectivity index (χ4v) is 1.19. The second-order valence-corrected chi connectivity index (χ2v) is 3.03. The third kappa shape index (κ3) is 2.26. The van der Waals surface area contributed by atoms with Gasteiger partial charge in [0.15, 0.2) is 0 Å². The number of nitrogens with one attached hydrogen (secondary N) is 1. The van der Waals surface area contributed by atoms with Crippen LogP contribution in [0.5, 0.6) is 0 Å². The van der Waals surface area contributed by atoms with E-state index in [1.165, 1.54) is 6.07 Å². The Labute approximate surface area is 77.4 Å². The lowest BCUT2D eigenvalue weighted by Gasteiger charge is -2.13. The van der Waals surface area contributed by atoms with Gasteiger partial charge in [-0.25, -0.2) is 4.39 Å². The quantitative estimate of drug-likeness (QED) is 0.742. The van der Waals surface area contributed by atoms with Crippen LogP contribution in [0.4, 0.5) is 4.39 Å². The second kappa shape index (κ2) is 4.35. The van der Waals surface area contributed by atoms with Gasteiger partial charge in [-0.15, -0.1) is 0 Å². The summed E-state index contributed by atoms with van der Waals surface area (Å²) in [6.07, 6.45) is 0. The molecule has 0 aliphatic heterocycles. The van der Waals surface area contributed by atoms with E-state index < -0.39 is 0 Å². The molecule has 3 heteroatoms. The molecule has 1 aromatic carbocycles. The molecular weight excluding hydrogens is 169 g/mol. The molecular formula is C10H14FNO. The van der Waals surface area contributed by atoms with Crippen LogP contribution in [0.15, 0.2) is 18.2 Å². The highest BCUT2D eigenvalue weighted by atomic mass is 19.1. The minimum atomic E-state index is -0.230. The SMILES string of the molecule is CN[C@@H](CO)c1ccc(C)c(F)c1. The maximum Gasteiger partial charge on any atom is 0.126 e. The van der Waals surface area contributed by atoms with Crippen LogP contribution >= 0.6 is 0 Å². The van der Waals surface area contributed by atoms with Crippen molar-refractivity contribution in [2.45, 2.75) is 13.0 Å². The predicted octanol–water partition coefficient (Wildman–Crippen LogP) is 1.39. The van der Waals surface area contributed by atoms with Crippen molar-refractivity contribution >= 4 is 0 Å². The summed E-state index contributed by atoms with van der Waals surface area (Å²) in [6, 6.07) is 4.79. The fourth-order valence-electron chi connectivity index (χ4n) is 1.19. The van der Waals surface area contributed by atoms with Crippen molar-refractivity contribution in [3.63, 3.8) is 0 Å². The molecule has 0 unspecified atom stereocenters. The lowest BCUT2D eigenvalue weighted by atomic mass is 10.1. The van der Waals surface area contributed by atoms with Crippen molar-refractivity contribution in [3.8, 4) is 0 Å². The third-order valence-electron chi connectivity index (χ3n) is 2.13. The highest BCUT2D eigenvalue weighted by molar-refractivity contribution is 5.25. The molecule has 0 aromatic heterocycles. The van der Waals surface area contributed by atoms with Gasteiger partial charge in [-0.2, -0.15) is 0 Å². The molecule has 1 aromatic rings. The lowest BCUT2D eigenvalue weighted by molar-refractivity contribution is 0.250. The summed E-state index contributed by atoms with van der Waals surface area (Å²) >= 11 is 0. The maximum absolute atomic E-state index is 13.1. The van der Waals surface area contributed by atoms with Gasteiger partial charge in [0, 0.05) is 0 Å². The molecule has 2 nitrogen and oxygen atoms in total. The van der Waals surface area contributed by atoms with Crippen LogP contribution in [-0.4, -0.2) is 18.8 Å². The average molecular weight is 183 g/mol. The van der Waals surface area contributed by atoms with E-state index in [0.29, 0.717) is 5.56 Å². The second-order valence-electron chi connectivity index (χ2n) is 3.03. The molecule has 0 fully saturated rings. The zero-order chi connectivity index (χ0) is 9.84. The van der Waals surface area contributed by atoms with Crippen LogP contribution in [0.3, 0.4) is 0 Å². The molecule has 0 saturated carbocycles. The Morgan fingerprint density at radius 3 is 2.69 bits per heavy atom. The van der Waals surface area contributed by atoms with Gasteiger partial charge in [-0.05, 0) is 31.2 Å². The highest BCUT2D eigenvalue weighted by Gasteiger charge is 2.08. The van der Waals surface area contributed by atoms with Crippen LogP contribution in [-0.2, 0) is 0 Å². The van der Waals surface area contributed by atoms with Crippen molar-refractivity contribution in [1.82, 2.24) is 5.32 Å². The summed E-state index contributed by atoms with van der Waals surface area (Å²) in [4.78, 5) is 0. The van der Waals surface area contributed by atoms with Crippen molar-refractivity contribution in [3.05, 3.63) is 35.1 Å². The van der Waals surface area contributed by atoms with Gasteiger partial charge in [0.25, 0.3) is 0 Å². The largest absolute Gasteiger partial charge is 0.394 e.